The summed E-state index contributed by atoms with van der Waals surface area (Å²) in [6.07, 6.45) is 1.19. The molecule has 0 aromatic heterocycles. The SMILES string of the molecule is Cc1ccc(NCC2CC2(C)C)c([N+](=O)[O-])c1. The number of nitro groups is 1. The van der Waals surface area contributed by atoms with Crippen LogP contribution in [0.4, 0.5) is 11.4 Å². The molecule has 4 heteroatoms. The van der Waals surface area contributed by atoms with Crippen molar-refractivity contribution in [3.8, 4) is 0 Å². The highest BCUT2D eigenvalue weighted by atomic mass is 16.6. The molecular formula is C13H18N2O2. The fourth-order valence-electron chi connectivity index (χ4n) is 2.10. The molecule has 1 aliphatic carbocycles. The summed E-state index contributed by atoms with van der Waals surface area (Å²) in [6.45, 7) is 7.13. The van der Waals surface area contributed by atoms with Gasteiger partial charge in [0, 0.05) is 12.6 Å². The maximum Gasteiger partial charge on any atom is 0.292 e. The van der Waals surface area contributed by atoms with E-state index in [9.17, 15) is 10.1 Å². The first-order valence-electron chi connectivity index (χ1n) is 5.89. The van der Waals surface area contributed by atoms with Crippen LogP contribution in [0.5, 0.6) is 0 Å². The Bertz CT molecular complexity index is 455. The number of rotatable bonds is 4. The Balaban J connectivity index is 2.08. The smallest absolute Gasteiger partial charge is 0.292 e. The highest BCUT2D eigenvalue weighted by Crippen LogP contribution is 2.51. The Hall–Kier alpha value is -1.58. The molecule has 0 heterocycles. The van der Waals surface area contributed by atoms with Crippen LogP contribution in [0.15, 0.2) is 18.2 Å². The summed E-state index contributed by atoms with van der Waals surface area (Å²) < 4.78 is 0. The normalized spacial score (nSPS) is 21.0. The molecule has 17 heavy (non-hydrogen) atoms. The topological polar surface area (TPSA) is 55.2 Å². The van der Waals surface area contributed by atoms with Crippen LogP contribution in [0.25, 0.3) is 0 Å². The van der Waals surface area contributed by atoms with Crippen LogP contribution in [-0.4, -0.2) is 11.5 Å². The number of hydrogen-bond donors (Lipinski definition) is 1. The van der Waals surface area contributed by atoms with Crippen molar-refractivity contribution in [1.29, 1.82) is 0 Å². The molecule has 1 aromatic carbocycles. The second kappa shape index (κ2) is 4.02. The molecule has 1 saturated carbocycles. The first-order chi connectivity index (χ1) is 7.90. The zero-order valence-electron chi connectivity index (χ0n) is 10.5. The minimum atomic E-state index is -0.326. The number of aryl methyl sites for hydroxylation is 1. The predicted octanol–water partition coefficient (Wildman–Crippen LogP) is 3.36. The largest absolute Gasteiger partial charge is 0.379 e. The lowest BCUT2D eigenvalue weighted by Gasteiger charge is -2.08. The summed E-state index contributed by atoms with van der Waals surface area (Å²) in [6, 6.07) is 5.30. The number of hydrogen-bond acceptors (Lipinski definition) is 3. The second-order valence-corrected chi connectivity index (χ2v) is 5.55. The van der Waals surface area contributed by atoms with Gasteiger partial charge in [0.15, 0.2) is 0 Å². The minimum Gasteiger partial charge on any atom is -0.379 e. The van der Waals surface area contributed by atoms with Gasteiger partial charge in [0.05, 0.1) is 4.92 Å². The first kappa shape index (κ1) is 11.9. The van der Waals surface area contributed by atoms with E-state index in [1.54, 1.807) is 12.1 Å². The molecule has 1 N–H and O–H groups in total. The van der Waals surface area contributed by atoms with Gasteiger partial charge in [-0.1, -0.05) is 19.9 Å². The average molecular weight is 234 g/mol. The number of anilines is 1. The number of nitrogens with zero attached hydrogens (tertiary/aromatic N) is 1. The van der Waals surface area contributed by atoms with Crippen molar-refractivity contribution in [2.45, 2.75) is 27.2 Å². The van der Waals surface area contributed by atoms with Crippen molar-refractivity contribution < 1.29 is 4.92 Å². The predicted molar refractivity (Wildman–Crippen MR) is 68.2 cm³/mol. The summed E-state index contributed by atoms with van der Waals surface area (Å²) in [5.74, 6) is 0.628. The highest BCUT2D eigenvalue weighted by molar-refractivity contribution is 5.62. The minimum absolute atomic E-state index is 0.170. The fourth-order valence-corrected chi connectivity index (χ4v) is 2.10. The third-order valence-corrected chi connectivity index (χ3v) is 3.61. The lowest BCUT2D eigenvalue weighted by atomic mass is 10.1. The molecule has 2 rings (SSSR count). The molecule has 1 fully saturated rings. The molecule has 1 aliphatic rings. The molecule has 1 aromatic rings. The molecule has 92 valence electrons. The molecular weight excluding hydrogens is 216 g/mol. The van der Waals surface area contributed by atoms with Crippen molar-refractivity contribution in [3.63, 3.8) is 0 Å². The van der Waals surface area contributed by atoms with Crippen LogP contribution in [-0.2, 0) is 0 Å². The van der Waals surface area contributed by atoms with Crippen LogP contribution in [0.3, 0.4) is 0 Å². The van der Waals surface area contributed by atoms with E-state index in [4.69, 9.17) is 0 Å². The number of nitro benzene ring substituents is 1. The fraction of sp³-hybridized carbons (Fsp3) is 0.538. The molecule has 0 radical (unpaired) electrons. The molecule has 0 spiro atoms. The molecule has 0 aliphatic heterocycles. The zero-order valence-corrected chi connectivity index (χ0v) is 10.5. The Morgan fingerprint density at radius 1 is 1.53 bits per heavy atom. The Morgan fingerprint density at radius 3 is 2.71 bits per heavy atom. The van der Waals surface area contributed by atoms with E-state index in [2.05, 4.69) is 19.2 Å². The maximum absolute atomic E-state index is 10.9. The van der Waals surface area contributed by atoms with E-state index >= 15 is 0 Å². The van der Waals surface area contributed by atoms with E-state index in [-0.39, 0.29) is 10.6 Å². The zero-order chi connectivity index (χ0) is 12.6. The lowest BCUT2D eigenvalue weighted by Crippen LogP contribution is -2.08. The van der Waals surface area contributed by atoms with Gasteiger partial charge < -0.3 is 5.32 Å². The van der Waals surface area contributed by atoms with Gasteiger partial charge >= 0.3 is 0 Å². The maximum atomic E-state index is 10.9. The first-order valence-corrected chi connectivity index (χ1v) is 5.89. The number of benzene rings is 1. The summed E-state index contributed by atoms with van der Waals surface area (Å²) in [5.41, 5.74) is 2.10. The van der Waals surface area contributed by atoms with E-state index < -0.39 is 0 Å². The van der Waals surface area contributed by atoms with Gasteiger partial charge in [-0.15, -0.1) is 0 Å². The molecule has 4 nitrogen and oxygen atoms in total. The van der Waals surface area contributed by atoms with Crippen molar-refractivity contribution in [2.75, 3.05) is 11.9 Å². The van der Waals surface area contributed by atoms with Crippen molar-refractivity contribution in [1.82, 2.24) is 0 Å². The third kappa shape index (κ3) is 2.57. The third-order valence-electron chi connectivity index (χ3n) is 3.61. The van der Waals surface area contributed by atoms with Crippen LogP contribution in [0, 0.1) is 28.4 Å². The van der Waals surface area contributed by atoms with Gasteiger partial charge in [0.2, 0.25) is 0 Å². The monoisotopic (exact) mass is 234 g/mol. The Labute approximate surface area is 101 Å². The second-order valence-electron chi connectivity index (χ2n) is 5.55. The van der Waals surface area contributed by atoms with Gasteiger partial charge in [0.1, 0.15) is 5.69 Å². The van der Waals surface area contributed by atoms with Crippen LogP contribution >= 0.6 is 0 Å². The van der Waals surface area contributed by atoms with Crippen molar-refractivity contribution >= 4 is 11.4 Å². The van der Waals surface area contributed by atoms with E-state index in [0.29, 0.717) is 17.0 Å². The van der Waals surface area contributed by atoms with E-state index in [1.165, 1.54) is 6.42 Å². The van der Waals surface area contributed by atoms with E-state index in [0.717, 1.165) is 12.1 Å². The summed E-state index contributed by atoms with van der Waals surface area (Å²) in [7, 11) is 0. The standard InChI is InChI=1S/C13H18N2O2/c1-9-4-5-11(12(6-9)15(16)17)14-8-10-7-13(10,2)3/h4-6,10,14H,7-8H2,1-3H3. The van der Waals surface area contributed by atoms with Crippen LogP contribution < -0.4 is 5.32 Å². The van der Waals surface area contributed by atoms with Gasteiger partial charge in [-0.25, -0.2) is 0 Å². The lowest BCUT2D eigenvalue weighted by molar-refractivity contribution is -0.384. The summed E-state index contributed by atoms with van der Waals surface area (Å²) >= 11 is 0. The average Bonchev–Trinajstić information content (AvgIpc) is 2.84. The molecule has 0 amide bonds. The van der Waals surface area contributed by atoms with Crippen LogP contribution in [0.1, 0.15) is 25.8 Å². The Morgan fingerprint density at radius 2 is 2.18 bits per heavy atom. The summed E-state index contributed by atoms with van der Waals surface area (Å²) in [5, 5.41) is 14.1. The summed E-state index contributed by atoms with van der Waals surface area (Å²) in [4.78, 5) is 10.6. The van der Waals surface area contributed by atoms with Gasteiger partial charge in [-0.05, 0) is 36.3 Å². The molecule has 0 saturated heterocycles. The van der Waals surface area contributed by atoms with Gasteiger partial charge in [-0.3, -0.25) is 10.1 Å². The number of nitrogens with one attached hydrogen (secondary N) is 1. The molecule has 1 atom stereocenters. The van der Waals surface area contributed by atoms with Crippen molar-refractivity contribution in [2.24, 2.45) is 11.3 Å². The highest BCUT2D eigenvalue weighted by Gasteiger charge is 2.45. The van der Waals surface area contributed by atoms with Crippen LogP contribution in [0.2, 0.25) is 0 Å². The molecule has 1 unspecified atom stereocenters. The van der Waals surface area contributed by atoms with Gasteiger partial charge in [-0.2, -0.15) is 0 Å². The van der Waals surface area contributed by atoms with Gasteiger partial charge in [0.25, 0.3) is 5.69 Å². The quantitative estimate of drug-likeness (QED) is 0.642. The Kier molecular flexibility index (Phi) is 2.81. The molecule has 0 bridgehead atoms. The van der Waals surface area contributed by atoms with E-state index in [1.807, 2.05) is 13.0 Å². The van der Waals surface area contributed by atoms with Crippen molar-refractivity contribution in [3.05, 3.63) is 33.9 Å².